The van der Waals surface area contributed by atoms with Crippen molar-refractivity contribution in [3.05, 3.63) is 59.1 Å². The van der Waals surface area contributed by atoms with E-state index >= 15 is 0 Å². The fourth-order valence-electron chi connectivity index (χ4n) is 2.70. The van der Waals surface area contributed by atoms with Gasteiger partial charge in [0.1, 0.15) is 0 Å². The van der Waals surface area contributed by atoms with E-state index in [0.29, 0.717) is 23.7 Å². The first-order chi connectivity index (χ1) is 10.6. The average molecular weight is 316 g/mol. The number of hydrogen-bond donors (Lipinski definition) is 1. The van der Waals surface area contributed by atoms with E-state index in [2.05, 4.69) is 4.90 Å². The van der Waals surface area contributed by atoms with Crippen molar-refractivity contribution in [3.8, 4) is 0 Å². The quantitative estimate of drug-likeness (QED) is 0.867. The molecule has 2 N–H and O–H groups in total. The number of carbonyl (C=O) groups is 1. The fourth-order valence-corrected chi connectivity index (χ4v) is 2.83. The normalized spacial score (nSPS) is 15.0. The minimum Gasteiger partial charge on any atom is -0.397 e. The number of benzene rings is 2. The maximum atomic E-state index is 12.5. The number of nitrogens with two attached hydrogens (primary N) is 1. The molecule has 1 aliphatic heterocycles. The van der Waals surface area contributed by atoms with Crippen LogP contribution in [0.5, 0.6) is 0 Å². The molecule has 2 aromatic carbocycles. The van der Waals surface area contributed by atoms with Gasteiger partial charge in [-0.25, -0.2) is 0 Å². The van der Waals surface area contributed by atoms with E-state index in [1.807, 2.05) is 29.2 Å². The lowest BCUT2D eigenvalue weighted by atomic mass is 10.1. The molecular weight excluding hydrogens is 298 g/mol. The third-order valence-corrected chi connectivity index (χ3v) is 4.19. The van der Waals surface area contributed by atoms with Crippen molar-refractivity contribution in [2.24, 2.45) is 0 Å². The standard InChI is InChI=1S/C17H18ClN3O/c18-14-7-5-13(6-8-14)17(22)21-11-9-20(10-12-21)16-4-2-1-3-15(16)19/h1-8H,9-12,19H2. The van der Waals surface area contributed by atoms with Crippen LogP contribution in [0.4, 0.5) is 11.4 Å². The molecule has 5 heteroatoms. The Balaban J connectivity index is 1.65. The summed E-state index contributed by atoms with van der Waals surface area (Å²) >= 11 is 5.86. The van der Waals surface area contributed by atoms with Crippen LogP contribution in [0.25, 0.3) is 0 Å². The molecular formula is C17H18ClN3O. The first kappa shape index (κ1) is 14.7. The van der Waals surface area contributed by atoms with E-state index in [1.54, 1.807) is 24.3 Å². The van der Waals surface area contributed by atoms with Crippen LogP contribution in [-0.4, -0.2) is 37.0 Å². The van der Waals surface area contributed by atoms with E-state index < -0.39 is 0 Å². The number of carbonyl (C=O) groups excluding carboxylic acids is 1. The molecule has 0 atom stereocenters. The molecule has 0 saturated carbocycles. The average Bonchev–Trinajstić information content (AvgIpc) is 2.56. The zero-order valence-corrected chi connectivity index (χ0v) is 13.0. The lowest BCUT2D eigenvalue weighted by molar-refractivity contribution is 0.0747. The van der Waals surface area contributed by atoms with Gasteiger partial charge in [-0.2, -0.15) is 0 Å². The van der Waals surface area contributed by atoms with E-state index in [4.69, 9.17) is 17.3 Å². The van der Waals surface area contributed by atoms with Gasteiger partial charge < -0.3 is 15.5 Å². The number of halogens is 1. The van der Waals surface area contributed by atoms with Crippen molar-refractivity contribution in [2.45, 2.75) is 0 Å². The Morgan fingerprint density at radius 3 is 2.23 bits per heavy atom. The molecule has 1 amide bonds. The molecule has 1 fully saturated rings. The fraction of sp³-hybridized carbons (Fsp3) is 0.235. The van der Waals surface area contributed by atoms with Crippen LogP contribution in [0.15, 0.2) is 48.5 Å². The Morgan fingerprint density at radius 2 is 1.59 bits per heavy atom. The Kier molecular flexibility index (Phi) is 4.20. The van der Waals surface area contributed by atoms with Gasteiger partial charge in [-0.05, 0) is 36.4 Å². The molecule has 114 valence electrons. The van der Waals surface area contributed by atoms with Crippen molar-refractivity contribution in [1.82, 2.24) is 4.90 Å². The molecule has 0 unspecified atom stereocenters. The van der Waals surface area contributed by atoms with Crippen LogP contribution in [0.2, 0.25) is 5.02 Å². The Morgan fingerprint density at radius 1 is 0.955 bits per heavy atom. The Labute approximate surface area is 135 Å². The number of piperazine rings is 1. The highest BCUT2D eigenvalue weighted by atomic mass is 35.5. The summed E-state index contributed by atoms with van der Waals surface area (Å²) in [5.41, 5.74) is 8.51. The summed E-state index contributed by atoms with van der Waals surface area (Å²) in [5, 5.41) is 0.640. The van der Waals surface area contributed by atoms with E-state index in [1.165, 1.54) is 0 Å². The summed E-state index contributed by atoms with van der Waals surface area (Å²) in [7, 11) is 0. The van der Waals surface area contributed by atoms with E-state index in [-0.39, 0.29) is 5.91 Å². The van der Waals surface area contributed by atoms with Crippen molar-refractivity contribution >= 4 is 28.9 Å². The second kappa shape index (κ2) is 6.28. The second-order valence-corrected chi connectivity index (χ2v) is 5.78. The molecule has 1 aliphatic rings. The van der Waals surface area contributed by atoms with Gasteiger partial charge in [0.05, 0.1) is 11.4 Å². The monoisotopic (exact) mass is 315 g/mol. The van der Waals surface area contributed by atoms with Gasteiger partial charge in [0.15, 0.2) is 0 Å². The van der Waals surface area contributed by atoms with Crippen LogP contribution in [0.3, 0.4) is 0 Å². The van der Waals surface area contributed by atoms with E-state index in [0.717, 1.165) is 24.5 Å². The summed E-state index contributed by atoms with van der Waals surface area (Å²) in [5.74, 6) is 0.0531. The number of nitrogens with zero attached hydrogens (tertiary/aromatic N) is 2. The summed E-state index contributed by atoms with van der Waals surface area (Å²) in [6.45, 7) is 2.95. The summed E-state index contributed by atoms with van der Waals surface area (Å²) in [6, 6.07) is 14.9. The summed E-state index contributed by atoms with van der Waals surface area (Å²) < 4.78 is 0. The number of nitrogen functional groups attached to an aromatic ring is 1. The number of hydrogen-bond acceptors (Lipinski definition) is 3. The van der Waals surface area contributed by atoms with E-state index in [9.17, 15) is 4.79 Å². The molecule has 22 heavy (non-hydrogen) atoms. The second-order valence-electron chi connectivity index (χ2n) is 5.34. The highest BCUT2D eigenvalue weighted by molar-refractivity contribution is 6.30. The summed E-state index contributed by atoms with van der Waals surface area (Å²) in [6.07, 6.45) is 0. The smallest absolute Gasteiger partial charge is 0.253 e. The van der Waals surface area contributed by atoms with Gasteiger partial charge in [-0.1, -0.05) is 23.7 Å². The minimum atomic E-state index is 0.0531. The van der Waals surface area contributed by atoms with Crippen LogP contribution < -0.4 is 10.6 Å². The van der Waals surface area contributed by atoms with Gasteiger partial charge >= 0.3 is 0 Å². The highest BCUT2D eigenvalue weighted by Crippen LogP contribution is 2.24. The number of para-hydroxylation sites is 2. The highest BCUT2D eigenvalue weighted by Gasteiger charge is 2.22. The van der Waals surface area contributed by atoms with Crippen molar-refractivity contribution < 1.29 is 4.79 Å². The van der Waals surface area contributed by atoms with Crippen molar-refractivity contribution in [3.63, 3.8) is 0 Å². The van der Waals surface area contributed by atoms with Gasteiger partial charge in [0, 0.05) is 36.8 Å². The number of anilines is 2. The first-order valence-corrected chi connectivity index (χ1v) is 7.67. The van der Waals surface area contributed by atoms with Gasteiger partial charge in [0.25, 0.3) is 5.91 Å². The molecule has 1 heterocycles. The molecule has 0 spiro atoms. The predicted octanol–water partition coefficient (Wildman–Crippen LogP) is 2.88. The molecule has 0 radical (unpaired) electrons. The molecule has 1 saturated heterocycles. The number of amides is 1. The van der Waals surface area contributed by atoms with Crippen molar-refractivity contribution in [1.29, 1.82) is 0 Å². The minimum absolute atomic E-state index is 0.0531. The first-order valence-electron chi connectivity index (χ1n) is 7.29. The maximum absolute atomic E-state index is 12.5. The Bertz CT molecular complexity index is 664. The third kappa shape index (κ3) is 3.02. The predicted molar refractivity (Wildman–Crippen MR) is 90.4 cm³/mol. The maximum Gasteiger partial charge on any atom is 0.253 e. The number of rotatable bonds is 2. The molecule has 0 aromatic heterocycles. The van der Waals surface area contributed by atoms with Gasteiger partial charge in [-0.3, -0.25) is 4.79 Å². The molecule has 3 rings (SSSR count). The Hall–Kier alpha value is -2.20. The van der Waals surface area contributed by atoms with Gasteiger partial charge in [-0.15, -0.1) is 0 Å². The lowest BCUT2D eigenvalue weighted by Crippen LogP contribution is -2.49. The van der Waals surface area contributed by atoms with Crippen LogP contribution in [-0.2, 0) is 0 Å². The van der Waals surface area contributed by atoms with Gasteiger partial charge in [0.2, 0.25) is 0 Å². The third-order valence-electron chi connectivity index (χ3n) is 3.94. The topological polar surface area (TPSA) is 49.6 Å². The lowest BCUT2D eigenvalue weighted by Gasteiger charge is -2.36. The molecule has 0 bridgehead atoms. The SMILES string of the molecule is Nc1ccccc1N1CCN(C(=O)c2ccc(Cl)cc2)CC1. The largest absolute Gasteiger partial charge is 0.397 e. The van der Waals surface area contributed by atoms with Crippen LogP contribution >= 0.6 is 11.6 Å². The zero-order chi connectivity index (χ0) is 15.5. The zero-order valence-electron chi connectivity index (χ0n) is 12.2. The van der Waals surface area contributed by atoms with Crippen molar-refractivity contribution in [2.75, 3.05) is 36.8 Å². The summed E-state index contributed by atoms with van der Waals surface area (Å²) in [4.78, 5) is 16.6. The molecule has 0 aliphatic carbocycles. The molecule has 4 nitrogen and oxygen atoms in total. The van der Waals surface area contributed by atoms with Crippen LogP contribution in [0, 0.1) is 0 Å². The molecule has 2 aromatic rings. The van der Waals surface area contributed by atoms with Crippen LogP contribution in [0.1, 0.15) is 10.4 Å².